The predicted molar refractivity (Wildman–Crippen MR) is 132 cm³/mol. The minimum absolute atomic E-state index is 0.0628. The minimum Gasteiger partial charge on any atom is -0.508 e. The number of phenolic OH excluding ortho intramolecular Hbond substituents is 1. The molecule has 3 heterocycles. The molecule has 3 aliphatic rings. The molecule has 0 radical (unpaired) electrons. The van der Waals surface area contributed by atoms with Crippen molar-refractivity contribution in [3.8, 4) is 11.5 Å². The maximum Gasteiger partial charge on any atom is 0.255 e. The van der Waals surface area contributed by atoms with E-state index in [-0.39, 0.29) is 42.2 Å². The van der Waals surface area contributed by atoms with Gasteiger partial charge in [-0.2, -0.15) is 0 Å². The molecule has 2 saturated heterocycles. The summed E-state index contributed by atoms with van der Waals surface area (Å²) in [7, 11) is 0. The Morgan fingerprint density at radius 1 is 1.17 bits per heavy atom. The van der Waals surface area contributed by atoms with Crippen LogP contribution in [-0.2, 0) is 17.7 Å². The molecule has 2 bridgehead atoms. The van der Waals surface area contributed by atoms with Crippen LogP contribution in [0.1, 0.15) is 51.6 Å². The maximum atomic E-state index is 13.3. The molecule has 9 nitrogen and oxygen atoms in total. The number of amides is 2. The fourth-order valence-electron chi connectivity index (χ4n) is 5.46. The van der Waals surface area contributed by atoms with Gasteiger partial charge >= 0.3 is 0 Å². The number of hydrogen-bond acceptors (Lipinski definition) is 7. The number of fused-ring (bicyclic) bond motifs is 3. The van der Waals surface area contributed by atoms with Gasteiger partial charge in [-0.3, -0.25) is 9.59 Å². The van der Waals surface area contributed by atoms with Gasteiger partial charge in [0, 0.05) is 24.7 Å². The van der Waals surface area contributed by atoms with Gasteiger partial charge in [-0.1, -0.05) is 6.07 Å². The van der Waals surface area contributed by atoms with E-state index in [0.717, 1.165) is 24.0 Å². The molecular weight excluding hydrogens is 462 g/mol. The third-order valence-electron chi connectivity index (χ3n) is 7.37. The van der Waals surface area contributed by atoms with E-state index in [2.05, 4.69) is 10.6 Å². The summed E-state index contributed by atoms with van der Waals surface area (Å²) in [5, 5.41) is 26.5. The molecule has 0 spiro atoms. The summed E-state index contributed by atoms with van der Waals surface area (Å²) in [6.07, 6.45) is 1.68. The number of nitrogens with zero attached hydrogens (tertiary/aromatic N) is 1. The number of nitrogens with one attached hydrogen (secondary N) is 2. The van der Waals surface area contributed by atoms with Crippen LogP contribution in [-0.4, -0.2) is 77.5 Å². The molecule has 2 unspecified atom stereocenters. The molecule has 4 N–H and O–H groups in total. The molecule has 9 heteroatoms. The molecular formula is C27H33N3O6. The average Bonchev–Trinajstić information content (AvgIpc) is 3.14. The van der Waals surface area contributed by atoms with Crippen molar-refractivity contribution in [1.82, 2.24) is 15.5 Å². The third-order valence-corrected chi connectivity index (χ3v) is 7.37. The van der Waals surface area contributed by atoms with Gasteiger partial charge in [0.15, 0.2) is 0 Å². The Bertz CT molecular complexity index is 1120. The summed E-state index contributed by atoms with van der Waals surface area (Å²) in [4.78, 5) is 28.2. The van der Waals surface area contributed by atoms with Crippen LogP contribution in [0, 0.1) is 0 Å². The van der Waals surface area contributed by atoms with E-state index in [1.165, 1.54) is 0 Å². The highest BCUT2D eigenvalue weighted by Gasteiger charge is 2.40. The highest BCUT2D eigenvalue weighted by molar-refractivity contribution is 6.00. The van der Waals surface area contributed by atoms with Gasteiger partial charge in [-0.25, -0.2) is 0 Å². The number of morpholine rings is 1. The second kappa shape index (κ2) is 10.5. The van der Waals surface area contributed by atoms with Crippen LogP contribution in [0.4, 0.5) is 0 Å². The molecule has 36 heavy (non-hydrogen) atoms. The van der Waals surface area contributed by atoms with Crippen molar-refractivity contribution in [3.05, 3.63) is 58.7 Å². The van der Waals surface area contributed by atoms with Crippen LogP contribution in [0.15, 0.2) is 36.4 Å². The summed E-state index contributed by atoms with van der Waals surface area (Å²) >= 11 is 0. The highest BCUT2D eigenvalue weighted by Crippen LogP contribution is 2.31. The van der Waals surface area contributed by atoms with Gasteiger partial charge in [-0.05, 0) is 67.6 Å². The molecule has 0 aromatic heterocycles. The summed E-state index contributed by atoms with van der Waals surface area (Å²) in [6, 6.07) is 10.1. The molecule has 5 rings (SSSR count). The second-order valence-corrected chi connectivity index (χ2v) is 9.70. The standard InChI is InChI=1S/C27H33N3O6/c1-2-36-25-11-17(27(34)30-19-5-6-20(30)15-35-14-19)4-8-22(25)26(33)29-13-24(32)23-10-16-3-7-21(31)9-18(16)12-28-23/h3-4,7-9,11,19-20,23-24,28,31-32H,2,5-6,10,12-15H2,1H3,(H,29,33)/t19?,20?,23-,24+/m0/s1. The monoisotopic (exact) mass is 495 g/mol. The number of ether oxygens (including phenoxy) is 2. The Kier molecular flexibility index (Phi) is 7.13. The molecule has 2 aromatic rings. The highest BCUT2D eigenvalue weighted by atomic mass is 16.5. The van der Waals surface area contributed by atoms with Crippen LogP contribution in [0.2, 0.25) is 0 Å². The van der Waals surface area contributed by atoms with Crippen LogP contribution in [0.3, 0.4) is 0 Å². The summed E-state index contributed by atoms with van der Waals surface area (Å²) in [5.74, 6) is 0.132. The largest absolute Gasteiger partial charge is 0.508 e. The smallest absolute Gasteiger partial charge is 0.255 e. The summed E-state index contributed by atoms with van der Waals surface area (Å²) < 4.78 is 11.3. The van der Waals surface area contributed by atoms with E-state index in [0.29, 0.717) is 49.7 Å². The van der Waals surface area contributed by atoms with Gasteiger partial charge in [0.2, 0.25) is 0 Å². The number of rotatable bonds is 7. The number of carbonyl (C=O) groups excluding carboxylic acids is 2. The Labute approximate surface area is 210 Å². The van der Waals surface area contributed by atoms with Crippen molar-refractivity contribution >= 4 is 11.8 Å². The molecule has 192 valence electrons. The van der Waals surface area contributed by atoms with E-state index >= 15 is 0 Å². The number of aliphatic hydroxyl groups is 1. The summed E-state index contributed by atoms with van der Waals surface area (Å²) in [6.45, 7) is 3.90. The van der Waals surface area contributed by atoms with Gasteiger partial charge in [0.1, 0.15) is 11.5 Å². The molecule has 4 atom stereocenters. The summed E-state index contributed by atoms with van der Waals surface area (Å²) in [5.41, 5.74) is 2.88. The zero-order valence-electron chi connectivity index (χ0n) is 20.4. The second-order valence-electron chi connectivity index (χ2n) is 9.70. The van der Waals surface area contributed by atoms with E-state index in [4.69, 9.17) is 9.47 Å². The lowest BCUT2D eigenvalue weighted by molar-refractivity contribution is -0.00717. The third kappa shape index (κ3) is 4.91. The number of carbonyl (C=O) groups is 2. The molecule has 2 amide bonds. The van der Waals surface area contributed by atoms with Gasteiger partial charge in [0.05, 0.1) is 43.6 Å². The Balaban J connectivity index is 1.23. The average molecular weight is 496 g/mol. The van der Waals surface area contributed by atoms with Gasteiger partial charge in [0.25, 0.3) is 11.8 Å². The first-order valence-electron chi connectivity index (χ1n) is 12.6. The fourth-order valence-corrected chi connectivity index (χ4v) is 5.46. The SMILES string of the molecule is CCOc1cc(C(=O)N2C3CCC2COC3)ccc1C(=O)NC[C@@H](O)[C@@H]1Cc2ccc(O)cc2CN1. The van der Waals surface area contributed by atoms with Crippen molar-refractivity contribution in [2.24, 2.45) is 0 Å². The molecule has 3 aliphatic heterocycles. The molecule has 0 aliphatic carbocycles. The predicted octanol–water partition coefficient (Wildman–Crippen LogP) is 1.60. The normalized spacial score (nSPS) is 23.6. The van der Waals surface area contributed by atoms with E-state index < -0.39 is 6.10 Å². The van der Waals surface area contributed by atoms with Crippen LogP contribution in [0.5, 0.6) is 11.5 Å². The number of hydrogen-bond donors (Lipinski definition) is 4. The fraction of sp³-hybridized carbons (Fsp3) is 0.481. The molecule has 2 fully saturated rings. The van der Waals surface area contributed by atoms with Crippen LogP contribution in [0.25, 0.3) is 0 Å². The van der Waals surface area contributed by atoms with Gasteiger partial charge in [-0.15, -0.1) is 0 Å². The lowest BCUT2D eigenvalue weighted by atomic mass is 9.92. The lowest BCUT2D eigenvalue weighted by Gasteiger charge is -2.34. The Morgan fingerprint density at radius 2 is 1.94 bits per heavy atom. The molecule has 0 saturated carbocycles. The first-order valence-corrected chi connectivity index (χ1v) is 12.6. The Hall–Kier alpha value is -3.14. The Morgan fingerprint density at radius 3 is 2.69 bits per heavy atom. The van der Waals surface area contributed by atoms with Gasteiger partial charge < -0.3 is 35.2 Å². The topological polar surface area (TPSA) is 120 Å². The number of aromatic hydroxyl groups is 1. The number of benzene rings is 2. The zero-order valence-corrected chi connectivity index (χ0v) is 20.4. The first kappa shape index (κ1) is 24.5. The van der Waals surface area contributed by atoms with E-state index in [9.17, 15) is 19.8 Å². The van der Waals surface area contributed by atoms with Crippen molar-refractivity contribution < 1.29 is 29.3 Å². The van der Waals surface area contributed by atoms with Crippen molar-refractivity contribution in [3.63, 3.8) is 0 Å². The maximum absolute atomic E-state index is 13.3. The lowest BCUT2D eigenvalue weighted by Crippen LogP contribution is -2.49. The number of aliphatic hydroxyl groups excluding tert-OH is 1. The molecule has 2 aromatic carbocycles. The first-order chi connectivity index (χ1) is 17.4. The van der Waals surface area contributed by atoms with Crippen LogP contribution >= 0.6 is 0 Å². The zero-order chi connectivity index (χ0) is 25.2. The van der Waals surface area contributed by atoms with Crippen molar-refractivity contribution in [1.29, 1.82) is 0 Å². The van der Waals surface area contributed by atoms with Crippen molar-refractivity contribution in [2.75, 3.05) is 26.4 Å². The van der Waals surface area contributed by atoms with Crippen LogP contribution < -0.4 is 15.4 Å². The minimum atomic E-state index is -0.802. The van der Waals surface area contributed by atoms with E-state index in [1.54, 1.807) is 30.3 Å². The quantitative estimate of drug-likeness (QED) is 0.461. The van der Waals surface area contributed by atoms with Crippen molar-refractivity contribution in [2.45, 2.75) is 57.0 Å². The van der Waals surface area contributed by atoms with E-state index in [1.807, 2.05) is 17.9 Å². The number of phenols is 1.